The zero-order valence-electron chi connectivity index (χ0n) is 11.5. The summed E-state index contributed by atoms with van der Waals surface area (Å²) in [6.07, 6.45) is 1.70. The van der Waals surface area contributed by atoms with Gasteiger partial charge in [-0.25, -0.2) is 4.98 Å². The van der Waals surface area contributed by atoms with E-state index < -0.39 is 0 Å². The van der Waals surface area contributed by atoms with Crippen molar-refractivity contribution in [2.75, 3.05) is 11.1 Å². The first kappa shape index (κ1) is 15.1. The number of nitrogen functional groups attached to an aromatic ring is 1. The molecule has 0 aliphatic heterocycles. The lowest BCUT2D eigenvalue weighted by Crippen LogP contribution is -2.12. The first-order valence-corrected chi connectivity index (χ1v) is 7.95. The van der Waals surface area contributed by atoms with Crippen molar-refractivity contribution in [1.29, 1.82) is 0 Å². The molecule has 0 aliphatic carbocycles. The number of fused-ring (bicyclic) bond motifs is 1. The maximum absolute atomic E-state index is 12.5. The van der Waals surface area contributed by atoms with Crippen LogP contribution in [-0.2, 0) is 0 Å². The predicted octanol–water partition coefficient (Wildman–Crippen LogP) is 4.75. The summed E-state index contributed by atoms with van der Waals surface area (Å²) in [5.41, 5.74) is 7.97. The number of rotatable bonds is 2. The molecule has 0 saturated heterocycles. The molecule has 1 aromatic carbocycles. The highest BCUT2D eigenvalue weighted by Gasteiger charge is 2.19. The molecule has 2 aromatic heterocycles. The highest BCUT2D eigenvalue weighted by Crippen LogP contribution is 2.36. The molecule has 0 unspecified atom stereocenters. The van der Waals surface area contributed by atoms with Crippen LogP contribution in [0.4, 0.5) is 11.4 Å². The fourth-order valence-electron chi connectivity index (χ4n) is 2.15. The van der Waals surface area contributed by atoms with Gasteiger partial charge in [-0.15, -0.1) is 11.3 Å². The van der Waals surface area contributed by atoms with Crippen molar-refractivity contribution in [2.24, 2.45) is 0 Å². The van der Waals surface area contributed by atoms with Gasteiger partial charge in [0.2, 0.25) is 0 Å². The molecule has 3 rings (SSSR count). The second-order valence-corrected chi connectivity index (χ2v) is 6.49. The molecule has 2 heterocycles. The monoisotopic (exact) mass is 351 g/mol. The van der Waals surface area contributed by atoms with Crippen LogP contribution in [0.1, 0.15) is 15.2 Å². The lowest BCUT2D eigenvalue weighted by molar-refractivity contribution is 0.103. The Morgan fingerprint density at radius 2 is 2.09 bits per heavy atom. The average Bonchev–Trinajstić information content (AvgIpc) is 2.82. The molecular weight excluding hydrogens is 341 g/mol. The second-order valence-electron chi connectivity index (χ2n) is 4.71. The van der Waals surface area contributed by atoms with Crippen molar-refractivity contribution in [2.45, 2.75) is 6.92 Å². The molecule has 112 valence electrons. The fraction of sp³-hybridized carbons (Fsp3) is 0.0667. The lowest BCUT2D eigenvalue weighted by Gasteiger charge is -2.07. The van der Waals surface area contributed by atoms with Crippen molar-refractivity contribution in [3.05, 3.63) is 50.9 Å². The number of benzene rings is 1. The van der Waals surface area contributed by atoms with Crippen LogP contribution >= 0.6 is 34.5 Å². The summed E-state index contributed by atoms with van der Waals surface area (Å²) < 4.78 is 0. The summed E-state index contributed by atoms with van der Waals surface area (Å²) >= 11 is 13.3. The summed E-state index contributed by atoms with van der Waals surface area (Å²) in [6, 6.07) is 6.91. The van der Waals surface area contributed by atoms with Crippen LogP contribution in [0.5, 0.6) is 0 Å². The van der Waals surface area contributed by atoms with Gasteiger partial charge in [-0.05, 0) is 30.7 Å². The Balaban J connectivity index is 2.01. The van der Waals surface area contributed by atoms with Crippen molar-refractivity contribution < 1.29 is 4.79 Å². The van der Waals surface area contributed by atoms with E-state index in [-0.39, 0.29) is 5.91 Å². The highest BCUT2D eigenvalue weighted by atomic mass is 35.5. The van der Waals surface area contributed by atoms with Gasteiger partial charge in [0.25, 0.3) is 5.91 Å². The van der Waals surface area contributed by atoms with E-state index in [1.54, 1.807) is 24.4 Å². The fourth-order valence-corrected chi connectivity index (χ4v) is 3.54. The van der Waals surface area contributed by atoms with Gasteiger partial charge in [0.1, 0.15) is 9.71 Å². The summed E-state index contributed by atoms with van der Waals surface area (Å²) in [6.45, 7) is 1.93. The quantitative estimate of drug-likeness (QED) is 0.700. The molecule has 0 spiro atoms. The Kier molecular flexibility index (Phi) is 3.95. The second kappa shape index (κ2) is 5.76. The van der Waals surface area contributed by atoms with Gasteiger partial charge in [-0.3, -0.25) is 4.79 Å². The van der Waals surface area contributed by atoms with Crippen LogP contribution in [0.25, 0.3) is 10.2 Å². The van der Waals surface area contributed by atoms with E-state index in [4.69, 9.17) is 28.9 Å². The molecular formula is C15H11Cl2N3OS. The normalized spacial score (nSPS) is 10.9. The molecule has 0 aliphatic rings. The van der Waals surface area contributed by atoms with Gasteiger partial charge in [0.15, 0.2) is 0 Å². The molecule has 1 amide bonds. The van der Waals surface area contributed by atoms with Crippen molar-refractivity contribution >= 4 is 62.0 Å². The van der Waals surface area contributed by atoms with Crippen LogP contribution in [0.15, 0.2) is 30.5 Å². The third-order valence-electron chi connectivity index (χ3n) is 3.24. The number of hydrogen-bond donors (Lipinski definition) is 2. The summed E-state index contributed by atoms with van der Waals surface area (Å²) in [4.78, 5) is 17.9. The summed E-state index contributed by atoms with van der Waals surface area (Å²) in [5.74, 6) is -0.330. The van der Waals surface area contributed by atoms with Gasteiger partial charge in [-0.1, -0.05) is 29.3 Å². The number of halogens is 2. The zero-order valence-corrected chi connectivity index (χ0v) is 13.8. The molecule has 4 nitrogen and oxygen atoms in total. The smallest absolute Gasteiger partial charge is 0.267 e. The molecule has 7 heteroatoms. The Hall–Kier alpha value is -1.82. The molecule has 0 bridgehead atoms. The molecule has 0 fully saturated rings. The van der Waals surface area contributed by atoms with E-state index in [1.807, 2.05) is 13.0 Å². The van der Waals surface area contributed by atoms with E-state index in [0.29, 0.717) is 26.3 Å². The van der Waals surface area contributed by atoms with E-state index in [0.717, 1.165) is 15.8 Å². The number of nitrogens with zero attached hydrogens (tertiary/aromatic N) is 1. The summed E-state index contributed by atoms with van der Waals surface area (Å²) in [5, 5.41) is 4.22. The number of thiophene rings is 1. The Bertz CT molecular complexity index is 892. The average molecular weight is 352 g/mol. The van der Waals surface area contributed by atoms with Gasteiger partial charge in [-0.2, -0.15) is 0 Å². The largest absolute Gasteiger partial charge is 0.397 e. The van der Waals surface area contributed by atoms with E-state index in [2.05, 4.69) is 10.3 Å². The van der Waals surface area contributed by atoms with Gasteiger partial charge < -0.3 is 11.1 Å². The maximum atomic E-state index is 12.5. The molecule has 22 heavy (non-hydrogen) atoms. The lowest BCUT2D eigenvalue weighted by atomic mass is 10.1. The van der Waals surface area contributed by atoms with E-state index in [1.165, 1.54) is 11.3 Å². The highest BCUT2D eigenvalue weighted by molar-refractivity contribution is 7.21. The van der Waals surface area contributed by atoms with Crippen LogP contribution in [0.2, 0.25) is 10.0 Å². The zero-order chi connectivity index (χ0) is 15.9. The number of carbonyl (C=O) groups is 1. The Morgan fingerprint density at radius 1 is 1.32 bits per heavy atom. The minimum atomic E-state index is -0.330. The minimum absolute atomic E-state index is 0.298. The molecule has 0 atom stereocenters. The number of aromatic nitrogens is 1. The Labute approximate surface area is 140 Å². The number of carbonyl (C=O) groups excluding carboxylic acids is 1. The van der Waals surface area contributed by atoms with Crippen molar-refractivity contribution in [3.63, 3.8) is 0 Å². The topological polar surface area (TPSA) is 68.0 Å². The van der Waals surface area contributed by atoms with Crippen LogP contribution in [0.3, 0.4) is 0 Å². The van der Waals surface area contributed by atoms with Gasteiger partial charge in [0, 0.05) is 11.6 Å². The van der Waals surface area contributed by atoms with Crippen LogP contribution < -0.4 is 11.1 Å². The molecule has 3 N–H and O–H groups in total. The number of pyridine rings is 1. The number of nitrogens with two attached hydrogens (primary N) is 1. The number of anilines is 2. The number of amides is 1. The van der Waals surface area contributed by atoms with Crippen LogP contribution in [-0.4, -0.2) is 10.9 Å². The third kappa shape index (κ3) is 2.52. The predicted molar refractivity (Wildman–Crippen MR) is 93.2 cm³/mol. The van der Waals surface area contributed by atoms with E-state index >= 15 is 0 Å². The minimum Gasteiger partial charge on any atom is -0.397 e. The SMILES string of the molecule is Cc1ccnc2sc(C(=O)Nc3cccc(Cl)c3Cl)c(N)c12. The molecule has 3 aromatic rings. The number of hydrogen-bond acceptors (Lipinski definition) is 4. The van der Waals surface area contributed by atoms with E-state index in [9.17, 15) is 4.79 Å². The van der Waals surface area contributed by atoms with Gasteiger partial charge in [0.05, 0.1) is 21.4 Å². The first-order valence-electron chi connectivity index (χ1n) is 6.38. The standard InChI is InChI=1S/C15H11Cl2N3OS/c1-7-5-6-19-15-10(7)12(18)13(22-15)14(21)20-9-4-2-3-8(16)11(9)17/h2-6H,18H2,1H3,(H,20,21). The van der Waals surface area contributed by atoms with Crippen molar-refractivity contribution in [3.8, 4) is 0 Å². The molecule has 0 radical (unpaired) electrons. The summed E-state index contributed by atoms with van der Waals surface area (Å²) in [7, 11) is 0. The number of nitrogens with one attached hydrogen (secondary N) is 1. The maximum Gasteiger partial charge on any atom is 0.267 e. The first-order chi connectivity index (χ1) is 10.5. The van der Waals surface area contributed by atoms with Gasteiger partial charge >= 0.3 is 0 Å². The van der Waals surface area contributed by atoms with Crippen molar-refractivity contribution in [1.82, 2.24) is 4.98 Å². The third-order valence-corrected chi connectivity index (χ3v) is 5.17. The molecule has 0 saturated carbocycles. The Morgan fingerprint density at radius 3 is 2.82 bits per heavy atom. The van der Waals surface area contributed by atoms with Crippen LogP contribution in [0, 0.1) is 6.92 Å². The number of aryl methyl sites for hydroxylation is 1.